The molecule has 1 atom stereocenters. The van der Waals surface area contributed by atoms with Gasteiger partial charge in [-0.05, 0) is 57.0 Å². The molecule has 0 aliphatic heterocycles. The standard InChI is InChI=1S/C16H20BrNO/c1-5-13-9-14(17)6-7-16(13)18-11(3)15-8-10(2)19-12(15)4/h6-9,11,18H,5H2,1-4H3. The first-order valence-corrected chi connectivity index (χ1v) is 7.42. The summed E-state index contributed by atoms with van der Waals surface area (Å²) in [6.45, 7) is 8.34. The van der Waals surface area contributed by atoms with Gasteiger partial charge in [0.25, 0.3) is 0 Å². The topological polar surface area (TPSA) is 25.2 Å². The summed E-state index contributed by atoms with van der Waals surface area (Å²) in [5.74, 6) is 1.96. The van der Waals surface area contributed by atoms with Crippen molar-refractivity contribution < 1.29 is 4.42 Å². The highest BCUT2D eigenvalue weighted by molar-refractivity contribution is 9.10. The van der Waals surface area contributed by atoms with Crippen LogP contribution >= 0.6 is 15.9 Å². The van der Waals surface area contributed by atoms with Crippen LogP contribution in [0.1, 0.15) is 42.5 Å². The first-order chi connectivity index (χ1) is 9.01. The van der Waals surface area contributed by atoms with Crippen molar-refractivity contribution >= 4 is 21.6 Å². The molecule has 0 saturated heterocycles. The molecule has 0 spiro atoms. The van der Waals surface area contributed by atoms with Crippen LogP contribution in [0.5, 0.6) is 0 Å². The SMILES string of the molecule is CCc1cc(Br)ccc1NC(C)c1cc(C)oc1C. The van der Waals surface area contributed by atoms with Gasteiger partial charge in [-0.2, -0.15) is 0 Å². The molecule has 1 N–H and O–H groups in total. The van der Waals surface area contributed by atoms with Crippen molar-refractivity contribution in [2.45, 2.75) is 40.2 Å². The zero-order chi connectivity index (χ0) is 14.0. The van der Waals surface area contributed by atoms with E-state index in [0.29, 0.717) is 0 Å². The zero-order valence-electron chi connectivity index (χ0n) is 11.9. The Hall–Kier alpha value is -1.22. The molecule has 2 nitrogen and oxygen atoms in total. The molecule has 0 bridgehead atoms. The smallest absolute Gasteiger partial charge is 0.106 e. The van der Waals surface area contributed by atoms with Crippen LogP contribution < -0.4 is 5.32 Å². The van der Waals surface area contributed by atoms with E-state index in [-0.39, 0.29) is 6.04 Å². The Labute approximate surface area is 123 Å². The van der Waals surface area contributed by atoms with Crippen molar-refractivity contribution in [3.63, 3.8) is 0 Å². The lowest BCUT2D eigenvalue weighted by atomic mass is 10.1. The van der Waals surface area contributed by atoms with E-state index < -0.39 is 0 Å². The van der Waals surface area contributed by atoms with E-state index in [9.17, 15) is 0 Å². The van der Waals surface area contributed by atoms with Gasteiger partial charge in [0, 0.05) is 15.7 Å². The first-order valence-electron chi connectivity index (χ1n) is 6.63. The molecule has 1 aromatic heterocycles. The fraction of sp³-hybridized carbons (Fsp3) is 0.375. The summed E-state index contributed by atoms with van der Waals surface area (Å²) in [5.41, 5.74) is 3.73. The predicted molar refractivity (Wildman–Crippen MR) is 83.7 cm³/mol. The van der Waals surface area contributed by atoms with Crippen LogP contribution in [0.25, 0.3) is 0 Å². The number of anilines is 1. The monoisotopic (exact) mass is 321 g/mol. The zero-order valence-corrected chi connectivity index (χ0v) is 13.5. The van der Waals surface area contributed by atoms with Crippen molar-refractivity contribution in [3.05, 3.63) is 51.4 Å². The third-order valence-corrected chi connectivity index (χ3v) is 3.86. The number of furan rings is 1. The molecule has 2 rings (SSSR count). The Morgan fingerprint density at radius 3 is 2.58 bits per heavy atom. The Morgan fingerprint density at radius 1 is 1.26 bits per heavy atom. The molecule has 0 aliphatic rings. The molecule has 3 heteroatoms. The van der Waals surface area contributed by atoms with Crippen LogP contribution in [-0.4, -0.2) is 0 Å². The lowest BCUT2D eigenvalue weighted by molar-refractivity contribution is 0.500. The second-order valence-electron chi connectivity index (χ2n) is 4.89. The minimum atomic E-state index is 0.240. The largest absolute Gasteiger partial charge is 0.466 e. The average molecular weight is 322 g/mol. The minimum Gasteiger partial charge on any atom is -0.466 e. The van der Waals surface area contributed by atoms with Crippen molar-refractivity contribution in [3.8, 4) is 0 Å². The Morgan fingerprint density at radius 2 is 2.00 bits per heavy atom. The van der Waals surface area contributed by atoms with E-state index in [1.54, 1.807) is 0 Å². The van der Waals surface area contributed by atoms with E-state index in [1.165, 1.54) is 16.8 Å². The first kappa shape index (κ1) is 14.2. The second kappa shape index (κ2) is 5.83. The summed E-state index contributed by atoms with van der Waals surface area (Å²) in [6.07, 6.45) is 1.01. The quantitative estimate of drug-likeness (QED) is 0.816. The molecule has 102 valence electrons. The number of hydrogen-bond acceptors (Lipinski definition) is 2. The van der Waals surface area contributed by atoms with Crippen molar-refractivity contribution in [2.75, 3.05) is 5.32 Å². The molecule has 19 heavy (non-hydrogen) atoms. The van der Waals surface area contributed by atoms with Crippen LogP contribution in [-0.2, 0) is 6.42 Å². The molecule has 1 unspecified atom stereocenters. The average Bonchev–Trinajstić information content (AvgIpc) is 2.70. The molecule has 0 saturated carbocycles. The van der Waals surface area contributed by atoms with E-state index in [0.717, 1.165) is 22.4 Å². The molecule has 0 radical (unpaired) electrons. The summed E-state index contributed by atoms with van der Waals surface area (Å²) in [5, 5.41) is 3.58. The highest BCUT2D eigenvalue weighted by Gasteiger charge is 2.13. The number of aryl methyl sites for hydroxylation is 3. The Balaban J connectivity index is 2.23. The molecule has 0 aliphatic carbocycles. The normalized spacial score (nSPS) is 12.5. The number of halogens is 1. The van der Waals surface area contributed by atoms with E-state index in [4.69, 9.17) is 4.42 Å². The highest BCUT2D eigenvalue weighted by Crippen LogP contribution is 2.28. The van der Waals surface area contributed by atoms with Gasteiger partial charge >= 0.3 is 0 Å². The molecular weight excluding hydrogens is 302 g/mol. The molecule has 1 aromatic carbocycles. The van der Waals surface area contributed by atoms with Gasteiger partial charge in [0.15, 0.2) is 0 Å². The fourth-order valence-electron chi connectivity index (χ4n) is 2.39. The van der Waals surface area contributed by atoms with Crippen molar-refractivity contribution in [1.82, 2.24) is 0 Å². The minimum absolute atomic E-state index is 0.240. The highest BCUT2D eigenvalue weighted by atomic mass is 79.9. The summed E-state index contributed by atoms with van der Waals surface area (Å²) in [6, 6.07) is 8.72. The molecule has 0 fully saturated rings. The van der Waals surface area contributed by atoms with Gasteiger partial charge in [-0.15, -0.1) is 0 Å². The van der Waals surface area contributed by atoms with Crippen LogP contribution in [0.2, 0.25) is 0 Å². The van der Waals surface area contributed by atoms with Gasteiger partial charge in [0.2, 0.25) is 0 Å². The molecule has 1 heterocycles. The lowest BCUT2D eigenvalue weighted by Gasteiger charge is -2.17. The fourth-order valence-corrected chi connectivity index (χ4v) is 2.80. The number of hydrogen-bond donors (Lipinski definition) is 1. The number of nitrogens with one attached hydrogen (secondary N) is 1. The van der Waals surface area contributed by atoms with Gasteiger partial charge in [0.05, 0.1) is 6.04 Å². The van der Waals surface area contributed by atoms with E-state index >= 15 is 0 Å². The van der Waals surface area contributed by atoms with Gasteiger partial charge < -0.3 is 9.73 Å². The van der Waals surface area contributed by atoms with Crippen LogP contribution in [0.15, 0.2) is 33.2 Å². The Kier molecular flexibility index (Phi) is 4.35. The van der Waals surface area contributed by atoms with Crippen molar-refractivity contribution in [2.24, 2.45) is 0 Å². The van der Waals surface area contributed by atoms with E-state index in [2.05, 4.69) is 59.4 Å². The third kappa shape index (κ3) is 3.21. The van der Waals surface area contributed by atoms with Gasteiger partial charge in [0.1, 0.15) is 11.5 Å². The van der Waals surface area contributed by atoms with Gasteiger partial charge in [-0.1, -0.05) is 22.9 Å². The van der Waals surface area contributed by atoms with Crippen molar-refractivity contribution in [1.29, 1.82) is 0 Å². The Bertz CT molecular complexity index is 574. The maximum atomic E-state index is 5.60. The summed E-state index contributed by atoms with van der Waals surface area (Å²) >= 11 is 3.52. The molecule has 0 amide bonds. The van der Waals surface area contributed by atoms with Crippen LogP contribution in [0.4, 0.5) is 5.69 Å². The molecule has 2 aromatic rings. The number of rotatable bonds is 4. The maximum absolute atomic E-state index is 5.60. The summed E-state index contributed by atoms with van der Waals surface area (Å²) in [4.78, 5) is 0. The van der Waals surface area contributed by atoms with Gasteiger partial charge in [-0.3, -0.25) is 0 Å². The summed E-state index contributed by atoms with van der Waals surface area (Å²) < 4.78 is 6.72. The maximum Gasteiger partial charge on any atom is 0.106 e. The van der Waals surface area contributed by atoms with Crippen LogP contribution in [0, 0.1) is 13.8 Å². The third-order valence-electron chi connectivity index (χ3n) is 3.37. The predicted octanol–water partition coefficient (Wildman–Crippen LogP) is 5.39. The number of benzene rings is 1. The summed E-state index contributed by atoms with van der Waals surface area (Å²) in [7, 11) is 0. The van der Waals surface area contributed by atoms with Gasteiger partial charge in [-0.25, -0.2) is 0 Å². The lowest BCUT2D eigenvalue weighted by Crippen LogP contribution is -2.08. The second-order valence-corrected chi connectivity index (χ2v) is 5.81. The van der Waals surface area contributed by atoms with Crippen LogP contribution in [0.3, 0.4) is 0 Å². The molecular formula is C16H20BrNO. The van der Waals surface area contributed by atoms with E-state index in [1.807, 2.05) is 13.8 Å².